The second kappa shape index (κ2) is 5.19. The minimum Gasteiger partial charge on any atom is -0.317 e. The fourth-order valence-corrected chi connectivity index (χ4v) is 2.51. The van der Waals surface area contributed by atoms with Crippen molar-refractivity contribution in [2.75, 3.05) is 0 Å². The largest absolute Gasteiger partial charge is 0.317 e. The molecular weight excluding hydrogens is 232 g/mol. The molecule has 0 N–H and O–H groups in total. The molecule has 1 aromatic heterocycles. The molecule has 4 heteroatoms. The van der Waals surface area contributed by atoms with Crippen LogP contribution in [0.1, 0.15) is 23.0 Å². The number of aldehydes is 1. The highest BCUT2D eigenvalue weighted by atomic mass is 32.2. The van der Waals surface area contributed by atoms with Crippen LogP contribution in [0.4, 0.5) is 0 Å². The first-order valence-electron chi connectivity index (χ1n) is 5.50. The third-order valence-electron chi connectivity index (χ3n) is 2.52. The van der Waals surface area contributed by atoms with Crippen LogP contribution in [0.3, 0.4) is 0 Å². The number of rotatable bonds is 4. The van der Waals surface area contributed by atoms with E-state index in [1.165, 1.54) is 5.56 Å². The first-order chi connectivity index (χ1) is 8.24. The summed E-state index contributed by atoms with van der Waals surface area (Å²) < 4.78 is 1.91. The van der Waals surface area contributed by atoms with E-state index in [1.54, 1.807) is 18.0 Å². The molecular formula is C13H14N2OS. The lowest BCUT2D eigenvalue weighted by Crippen LogP contribution is -2.00. The van der Waals surface area contributed by atoms with Gasteiger partial charge in [0.15, 0.2) is 11.4 Å². The van der Waals surface area contributed by atoms with Crippen molar-refractivity contribution in [3.63, 3.8) is 0 Å². The van der Waals surface area contributed by atoms with Crippen LogP contribution in [0, 0.1) is 6.92 Å². The van der Waals surface area contributed by atoms with E-state index in [4.69, 9.17) is 0 Å². The molecule has 0 radical (unpaired) electrons. The van der Waals surface area contributed by atoms with Gasteiger partial charge in [-0.1, -0.05) is 29.5 Å². The van der Waals surface area contributed by atoms with E-state index in [-0.39, 0.29) is 0 Å². The number of aromatic nitrogens is 2. The Labute approximate surface area is 105 Å². The molecule has 0 atom stereocenters. The molecule has 0 spiro atoms. The molecule has 0 saturated carbocycles. The fourth-order valence-electron chi connectivity index (χ4n) is 1.58. The summed E-state index contributed by atoms with van der Waals surface area (Å²) in [5.41, 5.74) is 1.86. The molecule has 88 valence electrons. The molecule has 0 aliphatic heterocycles. The van der Waals surface area contributed by atoms with Gasteiger partial charge in [0.25, 0.3) is 0 Å². The van der Waals surface area contributed by atoms with Crippen LogP contribution in [0.2, 0.25) is 0 Å². The molecule has 1 heterocycles. The molecule has 17 heavy (non-hydrogen) atoms. The lowest BCUT2D eigenvalue weighted by molar-refractivity contribution is 0.111. The minimum atomic E-state index is 0.627. The molecule has 2 aromatic rings. The maximum atomic E-state index is 10.8. The van der Waals surface area contributed by atoms with Crippen LogP contribution >= 0.6 is 11.8 Å². The maximum Gasteiger partial charge on any atom is 0.173 e. The first-order valence-corrected chi connectivity index (χ1v) is 6.31. The number of carbonyl (C=O) groups excluding carboxylic acids is 1. The molecule has 3 nitrogen and oxygen atoms in total. The second-order valence-corrected chi connectivity index (χ2v) is 4.78. The van der Waals surface area contributed by atoms with Gasteiger partial charge in [0, 0.05) is 11.4 Å². The third-order valence-corrected chi connectivity index (χ3v) is 3.53. The number of hydrogen-bond donors (Lipinski definition) is 0. The summed E-state index contributed by atoms with van der Waals surface area (Å²) >= 11 is 1.58. The van der Waals surface area contributed by atoms with Crippen molar-refractivity contribution in [3.8, 4) is 0 Å². The van der Waals surface area contributed by atoms with Crippen LogP contribution in [0.15, 0.2) is 40.5 Å². The summed E-state index contributed by atoms with van der Waals surface area (Å²) in [5, 5.41) is 0.860. The van der Waals surface area contributed by atoms with E-state index in [9.17, 15) is 4.79 Å². The zero-order chi connectivity index (χ0) is 12.3. The second-order valence-electron chi connectivity index (χ2n) is 3.74. The smallest absolute Gasteiger partial charge is 0.173 e. The average molecular weight is 246 g/mol. The molecule has 0 saturated heterocycles. The molecule has 0 unspecified atom stereocenters. The Morgan fingerprint density at radius 3 is 2.65 bits per heavy atom. The summed E-state index contributed by atoms with van der Waals surface area (Å²) in [5.74, 6) is 0. The van der Waals surface area contributed by atoms with Gasteiger partial charge in [0.1, 0.15) is 5.69 Å². The lowest BCUT2D eigenvalue weighted by Gasteiger charge is -2.05. The minimum absolute atomic E-state index is 0.627. The Kier molecular flexibility index (Phi) is 3.64. The van der Waals surface area contributed by atoms with Crippen molar-refractivity contribution in [2.24, 2.45) is 0 Å². The van der Waals surface area contributed by atoms with E-state index >= 15 is 0 Å². The first kappa shape index (κ1) is 11.9. The highest BCUT2D eigenvalue weighted by Gasteiger charge is 2.08. The van der Waals surface area contributed by atoms with Gasteiger partial charge in [-0.15, -0.1) is 0 Å². The molecule has 0 amide bonds. The Morgan fingerprint density at radius 2 is 2.06 bits per heavy atom. The van der Waals surface area contributed by atoms with Crippen LogP contribution < -0.4 is 0 Å². The van der Waals surface area contributed by atoms with Crippen LogP contribution in [0.25, 0.3) is 0 Å². The van der Waals surface area contributed by atoms with Gasteiger partial charge in [-0.3, -0.25) is 4.79 Å². The van der Waals surface area contributed by atoms with Crippen molar-refractivity contribution in [3.05, 3.63) is 41.7 Å². The fraction of sp³-hybridized carbons (Fsp3) is 0.231. The summed E-state index contributed by atoms with van der Waals surface area (Å²) in [4.78, 5) is 16.2. The Morgan fingerprint density at radius 1 is 1.35 bits per heavy atom. The molecule has 0 aliphatic rings. The highest BCUT2D eigenvalue weighted by molar-refractivity contribution is 7.99. The van der Waals surface area contributed by atoms with E-state index in [1.807, 2.05) is 11.5 Å². The number of benzene rings is 1. The number of hydrogen-bond acceptors (Lipinski definition) is 3. The maximum absolute atomic E-state index is 10.8. The van der Waals surface area contributed by atoms with Crippen molar-refractivity contribution >= 4 is 18.0 Å². The van der Waals surface area contributed by atoms with Gasteiger partial charge in [0.05, 0.1) is 6.20 Å². The topological polar surface area (TPSA) is 34.9 Å². The quantitative estimate of drug-likeness (QED) is 0.777. The summed E-state index contributed by atoms with van der Waals surface area (Å²) in [6, 6.07) is 8.27. The lowest BCUT2D eigenvalue weighted by atomic mass is 10.2. The van der Waals surface area contributed by atoms with Gasteiger partial charge in [-0.05, 0) is 26.0 Å². The van der Waals surface area contributed by atoms with Crippen molar-refractivity contribution in [1.82, 2.24) is 9.55 Å². The number of aryl methyl sites for hydroxylation is 1. The Hall–Kier alpha value is -1.55. The Bertz CT molecular complexity index is 517. The predicted molar refractivity (Wildman–Crippen MR) is 68.6 cm³/mol. The van der Waals surface area contributed by atoms with Gasteiger partial charge in [-0.25, -0.2) is 4.98 Å². The van der Waals surface area contributed by atoms with Crippen molar-refractivity contribution < 1.29 is 4.79 Å². The number of imidazole rings is 1. The average Bonchev–Trinajstić information content (AvgIpc) is 2.74. The van der Waals surface area contributed by atoms with Gasteiger partial charge >= 0.3 is 0 Å². The highest BCUT2D eigenvalue weighted by Crippen LogP contribution is 2.27. The van der Waals surface area contributed by atoms with Gasteiger partial charge in [0.2, 0.25) is 0 Å². The normalized spacial score (nSPS) is 10.5. The molecule has 0 bridgehead atoms. The van der Waals surface area contributed by atoms with Gasteiger partial charge < -0.3 is 4.57 Å². The zero-order valence-electron chi connectivity index (χ0n) is 9.88. The van der Waals surface area contributed by atoms with E-state index < -0.39 is 0 Å². The summed E-state index contributed by atoms with van der Waals surface area (Å²) in [7, 11) is 0. The molecule has 1 aromatic carbocycles. The zero-order valence-corrected chi connectivity index (χ0v) is 10.7. The molecule has 0 fully saturated rings. The summed E-state index contributed by atoms with van der Waals surface area (Å²) in [6.45, 7) is 4.82. The van der Waals surface area contributed by atoms with Gasteiger partial charge in [-0.2, -0.15) is 0 Å². The number of carbonyl (C=O) groups is 1. The third kappa shape index (κ3) is 2.58. The van der Waals surface area contributed by atoms with E-state index in [2.05, 4.69) is 36.2 Å². The van der Waals surface area contributed by atoms with E-state index in [0.717, 1.165) is 22.9 Å². The summed E-state index contributed by atoms with van der Waals surface area (Å²) in [6.07, 6.45) is 2.46. The molecule has 2 rings (SSSR count). The van der Waals surface area contributed by atoms with Crippen LogP contribution in [0.5, 0.6) is 0 Å². The molecule has 0 aliphatic carbocycles. The van der Waals surface area contributed by atoms with E-state index in [0.29, 0.717) is 5.69 Å². The van der Waals surface area contributed by atoms with Crippen LogP contribution in [-0.2, 0) is 6.54 Å². The van der Waals surface area contributed by atoms with Crippen molar-refractivity contribution in [1.29, 1.82) is 0 Å². The predicted octanol–water partition coefficient (Wildman–Crippen LogP) is 3.18. The van der Waals surface area contributed by atoms with Crippen LogP contribution in [-0.4, -0.2) is 15.8 Å². The Balaban J connectivity index is 2.26. The monoisotopic (exact) mass is 246 g/mol. The number of nitrogens with zero attached hydrogens (tertiary/aromatic N) is 2. The van der Waals surface area contributed by atoms with Crippen molar-refractivity contribution in [2.45, 2.75) is 30.4 Å². The SMILES string of the molecule is CCn1c(C=O)cnc1Sc1ccc(C)cc1. The standard InChI is InChI=1S/C13H14N2OS/c1-3-15-11(9-16)8-14-13(15)17-12-6-4-10(2)5-7-12/h4-9H,3H2,1-2H3.